The summed E-state index contributed by atoms with van der Waals surface area (Å²) in [4.78, 5) is 2.11. The van der Waals surface area contributed by atoms with Crippen molar-refractivity contribution in [1.29, 1.82) is 0 Å². The van der Waals surface area contributed by atoms with E-state index in [1.807, 2.05) is 26.8 Å². The van der Waals surface area contributed by atoms with Gasteiger partial charge < -0.3 is 9.84 Å². The molecule has 0 spiro atoms. The van der Waals surface area contributed by atoms with E-state index in [9.17, 15) is 13.5 Å². The second-order valence-corrected chi connectivity index (χ2v) is 8.92. The zero-order valence-corrected chi connectivity index (χ0v) is 16.5. The maximum atomic E-state index is 11.7. The number of ether oxygens (including phenoxy) is 1. The number of β-amino-alcohol motifs (C(OH)–C–C–N with tert-alkyl or cyclic N) is 1. The van der Waals surface area contributed by atoms with Gasteiger partial charge in [0.05, 0.1) is 6.26 Å². The zero-order valence-electron chi connectivity index (χ0n) is 15.7. The van der Waals surface area contributed by atoms with Crippen molar-refractivity contribution in [2.24, 2.45) is 0 Å². The summed E-state index contributed by atoms with van der Waals surface area (Å²) in [6.45, 7) is 9.23. The van der Waals surface area contributed by atoms with Crippen LogP contribution < -0.4 is 4.74 Å². The Morgan fingerprint density at radius 3 is 2.48 bits per heavy atom. The van der Waals surface area contributed by atoms with E-state index in [0.29, 0.717) is 26.2 Å². The van der Waals surface area contributed by atoms with Gasteiger partial charge in [-0.05, 0) is 50.4 Å². The molecule has 1 atom stereocenters. The van der Waals surface area contributed by atoms with Crippen LogP contribution in [0.1, 0.15) is 23.1 Å². The number of hydrogen-bond donors (Lipinski definition) is 1. The van der Waals surface area contributed by atoms with Crippen LogP contribution in [0.25, 0.3) is 0 Å². The van der Waals surface area contributed by atoms with Gasteiger partial charge in [-0.1, -0.05) is 12.1 Å². The van der Waals surface area contributed by atoms with Crippen molar-refractivity contribution >= 4 is 10.0 Å². The van der Waals surface area contributed by atoms with Crippen LogP contribution in [0.5, 0.6) is 5.75 Å². The Morgan fingerprint density at radius 1 is 1.12 bits per heavy atom. The molecule has 0 aliphatic carbocycles. The Bertz CT molecular complexity index is 691. The molecule has 1 N–H and O–H groups in total. The fourth-order valence-electron chi connectivity index (χ4n) is 3.14. The molecule has 0 aromatic heterocycles. The van der Waals surface area contributed by atoms with Crippen molar-refractivity contribution in [2.75, 3.05) is 45.6 Å². The van der Waals surface area contributed by atoms with Crippen LogP contribution in [0.15, 0.2) is 12.1 Å². The normalized spacial score (nSPS) is 18.8. The van der Waals surface area contributed by atoms with Crippen LogP contribution >= 0.6 is 0 Å². The summed E-state index contributed by atoms with van der Waals surface area (Å²) in [5.74, 6) is 0.846. The molecule has 7 heteroatoms. The van der Waals surface area contributed by atoms with Gasteiger partial charge >= 0.3 is 0 Å². The Balaban J connectivity index is 1.87. The predicted octanol–water partition coefficient (Wildman–Crippen LogP) is 1.32. The number of sulfonamides is 1. The highest BCUT2D eigenvalue weighted by atomic mass is 32.2. The van der Waals surface area contributed by atoms with Gasteiger partial charge in [-0.25, -0.2) is 12.7 Å². The van der Waals surface area contributed by atoms with Gasteiger partial charge in [-0.2, -0.15) is 0 Å². The second-order valence-electron chi connectivity index (χ2n) is 6.93. The van der Waals surface area contributed by atoms with Crippen molar-refractivity contribution in [3.63, 3.8) is 0 Å². The molecule has 6 nitrogen and oxygen atoms in total. The summed E-state index contributed by atoms with van der Waals surface area (Å²) >= 11 is 0. The molecule has 2 rings (SSSR count). The minimum atomic E-state index is -3.14. The highest BCUT2D eigenvalue weighted by molar-refractivity contribution is 7.88. The van der Waals surface area contributed by atoms with Gasteiger partial charge in [0.2, 0.25) is 10.0 Å². The summed E-state index contributed by atoms with van der Waals surface area (Å²) in [7, 11) is -3.14. The largest absolute Gasteiger partial charge is 0.490 e. The molecule has 0 saturated carbocycles. The van der Waals surface area contributed by atoms with Gasteiger partial charge in [-0.3, -0.25) is 4.90 Å². The average Bonchev–Trinajstić information content (AvgIpc) is 2.76. The van der Waals surface area contributed by atoms with Crippen LogP contribution in [-0.4, -0.2) is 74.4 Å². The Labute approximate surface area is 151 Å². The lowest BCUT2D eigenvalue weighted by molar-refractivity contribution is 0.0695. The van der Waals surface area contributed by atoms with Crippen LogP contribution in [-0.2, 0) is 10.0 Å². The molecule has 1 fully saturated rings. The van der Waals surface area contributed by atoms with E-state index in [0.717, 1.165) is 29.8 Å². The molecule has 1 heterocycles. The highest BCUT2D eigenvalue weighted by Crippen LogP contribution is 2.25. The van der Waals surface area contributed by atoms with Gasteiger partial charge in [0.15, 0.2) is 0 Å². The third kappa shape index (κ3) is 5.67. The van der Waals surface area contributed by atoms with E-state index in [4.69, 9.17) is 4.74 Å². The molecule has 25 heavy (non-hydrogen) atoms. The maximum Gasteiger partial charge on any atom is 0.211 e. The Kier molecular flexibility index (Phi) is 6.85. The van der Waals surface area contributed by atoms with Crippen LogP contribution in [0, 0.1) is 20.8 Å². The van der Waals surface area contributed by atoms with Crippen LogP contribution in [0.4, 0.5) is 0 Å². The Morgan fingerprint density at radius 2 is 1.80 bits per heavy atom. The fraction of sp³-hybridized carbons (Fsp3) is 0.667. The topological polar surface area (TPSA) is 70.1 Å². The van der Waals surface area contributed by atoms with Crippen molar-refractivity contribution in [1.82, 2.24) is 9.21 Å². The minimum Gasteiger partial charge on any atom is -0.490 e. The monoisotopic (exact) mass is 370 g/mol. The van der Waals surface area contributed by atoms with Crippen molar-refractivity contribution in [3.8, 4) is 5.75 Å². The standard InChI is InChI=1S/C18H30N2O4S/c1-14-6-7-15(2)18(16(14)3)24-13-17(21)12-19-8-5-9-20(11-10-19)25(4,22)23/h6-7,17,21H,5,8-13H2,1-4H3. The SMILES string of the molecule is Cc1ccc(C)c(OCC(O)CN2CCCN(S(C)(=O)=O)CC2)c1C. The lowest BCUT2D eigenvalue weighted by Crippen LogP contribution is -2.39. The van der Waals surface area contributed by atoms with E-state index in [1.165, 1.54) is 16.1 Å². The van der Waals surface area contributed by atoms with E-state index in [1.54, 1.807) is 0 Å². The quantitative estimate of drug-likeness (QED) is 0.818. The second kappa shape index (κ2) is 8.49. The molecule has 1 aliphatic rings. The molecule has 0 amide bonds. The molecule has 1 saturated heterocycles. The molecule has 1 unspecified atom stereocenters. The number of benzene rings is 1. The maximum absolute atomic E-state index is 11.7. The number of aliphatic hydroxyl groups is 1. The van der Waals surface area contributed by atoms with Gasteiger partial charge in [0.1, 0.15) is 18.5 Å². The number of aryl methyl sites for hydroxylation is 2. The van der Waals surface area contributed by atoms with Crippen LogP contribution in [0.2, 0.25) is 0 Å². The summed E-state index contributed by atoms with van der Waals surface area (Å²) in [5.41, 5.74) is 3.34. The third-order valence-corrected chi connectivity index (χ3v) is 6.08. The molecule has 142 valence electrons. The summed E-state index contributed by atoms with van der Waals surface area (Å²) in [6.07, 6.45) is 1.42. The zero-order chi connectivity index (χ0) is 18.6. The third-order valence-electron chi connectivity index (χ3n) is 4.78. The molecule has 0 bridgehead atoms. The summed E-state index contributed by atoms with van der Waals surface area (Å²) < 4.78 is 30.7. The molecule has 1 aliphatic heterocycles. The lowest BCUT2D eigenvalue weighted by Gasteiger charge is -2.24. The smallest absolute Gasteiger partial charge is 0.211 e. The highest BCUT2D eigenvalue weighted by Gasteiger charge is 2.22. The first kappa shape index (κ1) is 20.2. The molecule has 1 aromatic rings. The first-order chi connectivity index (χ1) is 11.7. The number of nitrogens with zero attached hydrogens (tertiary/aromatic N) is 2. The average molecular weight is 371 g/mol. The first-order valence-corrected chi connectivity index (χ1v) is 10.6. The number of hydrogen-bond acceptors (Lipinski definition) is 5. The van der Waals surface area contributed by atoms with Gasteiger partial charge in [0.25, 0.3) is 0 Å². The van der Waals surface area contributed by atoms with Crippen molar-refractivity contribution < 1.29 is 18.3 Å². The number of aliphatic hydroxyl groups excluding tert-OH is 1. The molecule has 1 aromatic carbocycles. The summed E-state index contributed by atoms with van der Waals surface area (Å²) in [6, 6.07) is 4.09. The fourth-order valence-corrected chi connectivity index (χ4v) is 4.01. The van der Waals surface area contributed by atoms with Gasteiger partial charge in [-0.15, -0.1) is 0 Å². The minimum absolute atomic E-state index is 0.234. The summed E-state index contributed by atoms with van der Waals surface area (Å²) in [5, 5.41) is 10.3. The van der Waals surface area contributed by atoms with E-state index < -0.39 is 16.1 Å². The molecule has 0 radical (unpaired) electrons. The molecular weight excluding hydrogens is 340 g/mol. The van der Waals surface area contributed by atoms with Crippen molar-refractivity contribution in [3.05, 3.63) is 28.8 Å². The van der Waals surface area contributed by atoms with E-state index >= 15 is 0 Å². The number of rotatable bonds is 6. The predicted molar refractivity (Wildman–Crippen MR) is 99.6 cm³/mol. The van der Waals surface area contributed by atoms with E-state index in [-0.39, 0.29) is 6.61 Å². The van der Waals surface area contributed by atoms with Crippen molar-refractivity contribution in [2.45, 2.75) is 33.3 Å². The van der Waals surface area contributed by atoms with E-state index in [2.05, 4.69) is 11.0 Å². The lowest BCUT2D eigenvalue weighted by atomic mass is 10.1. The first-order valence-electron chi connectivity index (χ1n) is 8.73. The van der Waals surface area contributed by atoms with Gasteiger partial charge in [0, 0.05) is 26.2 Å². The molecular formula is C18H30N2O4S. The Hall–Kier alpha value is -1.15. The van der Waals surface area contributed by atoms with Crippen LogP contribution in [0.3, 0.4) is 0 Å².